The van der Waals surface area contributed by atoms with Crippen LogP contribution in [0, 0.1) is 0 Å². The van der Waals surface area contributed by atoms with Gasteiger partial charge in [-0.1, -0.05) is 51.2 Å². The number of carbonyl (C=O) groups excluding carboxylic acids is 2. The molecule has 0 amide bonds. The van der Waals surface area contributed by atoms with E-state index in [2.05, 4.69) is 16.9 Å². The average Bonchev–Trinajstić information content (AvgIpc) is 2.89. The Bertz CT molecular complexity index is 951. The van der Waals surface area contributed by atoms with Crippen LogP contribution in [0.5, 0.6) is 5.75 Å². The monoisotopic (exact) mass is 458 g/mol. The second-order valence-corrected chi connectivity index (χ2v) is 8.61. The van der Waals surface area contributed by atoms with Crippen molar-refractivity contribution in [3.63, 3.8) is 0 Å². The van der Waals surface area contributed by atoms with Crippen LogP contribution >= 0.6 is 0 Å². The first-order valence-electron chi connectivity index (χ1n) is 12.3. The molecule has 3 aromatic rings. The van der Waals surface area contributed by atoms with Gasteiger partial charge in [0.25, 0.3) is 0 Å². The third-order valence-electron chi connectivity index (χ3n) is 5.99. The number of aromatic nitrogens is 2. The Hall–Kier alpha value is -3.34. The predicted molar refractivity (Wildman–Crippen MR) is 134 cm³/mol. The molecule has 5 heteroatoms. The normalized spacial score (nSPS) is 10.9. The lowest BCUT2D eigenvalue weighted by molar-refractivity contribution is 0.0944. The molecule has 0 fully saturated rings. The zero-order valence-electron chi connectivity index (χ0n) is 20.0. The van der Waals surface area contributed by atoms with E-state index in [1.165, 1.54) is 32.1 Å². The highest BCUT2D eigenvalue weighted by Crippen LogP contribution is 2.29. The zero-order chi connectivity index (χ0) is 24.0. The molecule has 0 bridgehead atoms. The van der Waals surface area contributed by atoms with E-state index in [9.17, 15) is 9.59 Å². The van der Waals surface area contributed by atoms with Crippen molar-refractivity contribution in [2.45, 2.75) is 64.2 Å². The Labute approximate surface area is 202 Å². The Morgan fingerprint density at radius 3 is 1.74 bits per heavy atom. The largest absolute Gasteiger partial charge is 0.494 e. The molecule has 0 unspecified atom stereocenters. The first-order valence-corrected chi connectivity index (χ1v) is 12.3. The van der Waals surface area contributed by atoms with Gasteiger partial charge in [0.05, 0.1) is 6.61 Å². The topological polar surface area (TPSA) is 69.2 Å². The Balaban J connectivity index is 1.63. The number of hydrogen-bond acceptors (Lipinski definition) is 5. The maximum absolute atomic E-state index is 12.9. The van der Waals surface area contributed by atoms with Crippen LogP contribution in [0.4, 0.5) is 0 Å². The second kappa shape index (κ2) is 14.0. The van der Waals surface area contributed by atoms with Crippen LogP contribution in [0.3, 0.4) is 0 Å². The molecule has 0 aliphatic heterocycles. The summed E-state index contributed by atoms with van der Waals surface area (Å²) in [5.74, 6) is 0.586. The number of nitrogens with zero attached hydrogens (tertiary/aromatic N) is 2. The second-order valence-electron chi connectivity index (χ2n) is 8.61. The highest BCUT2D eigenvalue weighted by molar-refractivity contribution is 5.99. The lowest BCUT2D eigenvalue weighted by atomic mass is 9.86. The van der Waals surface area contributed by atoms with Gasteiger partial charge >= 0.3 is 0 Å². The number of rotatable bonds is 15. The minimum absolute atomic E-state index is 0.00155. The molecule has 0 spiro atoms. The van der Waals surface area contributed by atoms with Crippen LogP contribution in [0.1, 0.15) is 90.5 Å². The van der Waals surface area contributed by atoms with Crippen LogP contribution in [0.15, 0.2) is 73.3 Å². The van der Waals surface area contributed by atoms with Gasteiger partial charge in [0.15, 0.2) is 11.6 Å². The van der Waals surface area contributed by atoms with Crippen molar-refractivity contribution < 1.29 is 14.3 Å². The van der Waals surface area contributed by atoms with Gasteiger partial charge in [-0.25, -0.2) is 0 Å². The fraction of sp³-hybridized carbons (Fsp3) is 0.379. The van der Waals surface area contributed by atoms with E-state index in [0.717, 1.165) is 17.7 Å². The molecule has 2 aromatic heterocycles. The summed E-state index contributed by atoms with van der Waals surface area (Å²) in [6.07, 6.45) is 14.3. The molecule has 1 aromatic carbocycles. The summed E-state index contributed by atoms with van der Waals surface area (Å²) in [7, 11) is 0. The number of Topliss-reactive ketones (excluding diaryl/α,β-unsaturated/α-hetero) is 2. The van der Waals surface area contributed by atoms with Crippen molar-refractivity contribution in [1.82, 2.24) is 9.97 Å². The van der Waals surface area contributed by atoms with Crippen LogP contribution < -0.4 is 4.74 Å². The van der Waals surface area contributed by atoms with E-state index in [1.54, 1.807) is 49.1 Å². The maximum Gasteiger partial charge on any atom is 0.163 e. The van der Waals surface area contributed by atoms with Gasteiger partial charge in [-0.15, -0.1) is 0 Å². The molecule has 178 valence electrons. The summed E-state index contributed by atoms with van der Waals surface area (Å²) in [6.45, 7) is 2.93. The molecule has 2 heterocycles. The Morgan fingerprint density at radius 1 is 0.706 bits per heavy atom. The molecular formula is C29H34N2O3. The van der Waals surface area contributed by atoms with Crippen LogP contribution in [-0.2, 0) is 0 Å². The molecule has 3 rings (SSSR count). The van der Waals surface area contributed by atoms with E-state index in [1.807, 2.05) is 24.3 Å². The van der Waals surface area contributed by atoms with Gasteiger partial charge in [0.1, 0.15) is 5.75 Å². The quantitative estimate of drug-likeness (QED) is 0.184. The van der Waals surface area contributed by atoms with Gasteiger partial charge in [0, 0.05) is 48.8 Å². The molecule has 0 aliphatic rings. The Kier molecular flexibility index (Phi) is 10.4. The third kappa shape index (κ3) is 8.22. The fourth-order valence-electron chi connectivity index (χ4n) is 3.98. The van der Waals surface area contributed by atoms with Crippen molar-refractivity contribution in [1.29, 1.82) is 0 Å². The molecule has 5 nitrogen and oxygen atoms in total. The van der Waals surface area contributed by atoms with Crippen molar-refractivity contribution in [3.8, 4) is 5.75 Å². The highest BCUT2D eigenvalue weighted by Gasteiger charge is 2.21. The number of carbonyl (C=O) groups is 2. The predicted octanol–water partition coefficient (Wildman–Crippen LogP) is 6.85. The molecule has 0 aliphatic carbocycles. The van der Waals surface area contributed by atoms with E-state index in [-0.39, 0.29) is 30.3 Å². The number of hydrogen-bond donors (Lipinski definition) is 0. The summed E-state index contributed by atoms with van der Waals surface area (Å²) in [5, 5.41) is 0. The van der Waals surface area contributed by atoms with E-state index < -0.39 is 0 Å². The number of ketones is 2. The molecule has 0 saturated carbocycles. The van der Waals surface area contributed by atoms with Crippen molar-refractivity contribution in [2.24, 2.45) is 0 Å². The number of unbranched alkanes of at least 4 members (excludes halogenated alkanes) is 5. The van der Waals surface area contributed by atoms with Crippen molar-refractivity contribution >= 4 is 11.6 Å². The number of pyridine rings is 2. The molecular weight excluding hydrogens is 424 g/mol. The zero-order valence-corrected chi connectivity index (χ0v) is 20.0. The molecule has 34 heavy (non-hydrogen) atoms. The van der Waals surface area contributed by atoms with E-state index in [0.29, 0.717) is 17.7 Å². The summed E-state index contributed by atoms with van der Waals surface area (Å²) < 4.78 is 5.90. The Morgan fingerprint density at radius 2 is 1.21 bits per heavy atom. The molecule has 0 atom stereocenters. The van der Waals surface area contributed by atoms with Crippen molar-refractivity contribution in [3.05, 3.63) is 90.0 Å². The first-order chi connectivity index (χ1) is 16.7. The summed E-state index contributed by atoms with van der Waals surface area (Å²) in [4.78, 5) is 33.8. The van der Waals surface area contributed by atoms with Gasteiger partial charge < -0.3 is 4.74 Å². The van der Waals surface area contributed by atoms with Crippen molar-refractivity contribution in [2.75, 3.05) is 6.61 Å². The van der Waals surface area contributed by atoms with Crippen LogP contribution in [0.2, 0.25) is 0 Å². The summed E-state index contributed by atoms with van der Waals surface area (Å²) in [6, 6.07) is 14.7. The average molecular weight is 459 g/mol. The van der Waals surface area contributed by atoms with Gasteiger partial charge in [-0.2, -0.15) is 0 Å². The minimum atomic E-state index is -0.228. The lowest BCUT2D eigenvalue weighted by Gasteiger charge is -2.17. The highest BCUT2D eigenvalue weighted by atomic mass is 16.5. The fourth-order valence-corrected chi connectivity index (χ4v) is 3.98. The maximum atomic E-state index is 12.9. The smallest absolute Gasteiger partial charge is 0.163 e. The van der Waals surface area contributed by atoms with Gasteiger partial charge in [0.2, 0.25) is 0 Å². The summed E-state index contributed by atoms with van der Waals surface area (Å²) in [5.41, 5.74) is 2.17. The molecule has 0 N–H and O–H groups in total. The van der Waals surface area contributed by atoms with E-state index in [4.69, 9.17) is 4.74 Å². The van der Waals surface area contributed by atoms with Crippen LogP contribution in [-0.4, -0.2) is 28.1 Å². The minimum Gasteiger partial charge on any atom is -0.494 e. The van der Waals surface area contributed by atoms with E-state index >= 15 is 0 Å². The molecule has 0 radical (unpaired) electrons. The lowest BCUT2D eigenvalue weighted by Crippen LogP contribution is -2.13. The van der Waals surface area contributed by atoms with Crippen LogP contribution in [0.25, 0.3) is 0 Å². The van der Waals surface area contributed by atoms with Gasteiger partial charge in [-0.05, 0) is 54.3 Å². The SMILES string of the molecule is CCCCCCCCOc1ccc(C(CC(=O)c2ccncc2)CC(=O)c2ccncc2)cc1. The number of benzene rings is 1. The number of ether oxygens (including phenoxy) is 1. The third-order valence-corrected chi connectivity index (χ3v) is 5.99. The molecule has 0 saturated heterocycles. The standard InChI is InChI=1S/C29H34N2O3/c1-2-3-4-5-6-7-20-34-27-10-8-23(9-11-27)26(21-28(32)24-12-16-30-17-13-24)22-29(33)25-14-18-31-19-15-25/h8-19,26H,2-7,20-22H2,1H3. The van der Waals surface area contributed by atoms with Gasteiger partial charge in [-0.3, -0.25) is 19.6 Å². The summed E-state index contributed by atoms with van der Waals surface area (Å²) >= 11 is 0. The first kappa shape index (κ1) is 25.3.